The number of methoxy groups -OCH3 is 1. The number of rotatable bonds is 5. The molecular formula is C18H22N2O2. The second-order valence-electron chi connectivity index (χ2n) is 5.12. The maximum atomic E-state index is 12.3. The minimum Gasteiger partial charge on any atom is -0.495 e. The van der Waals surface area contributed by atoms with Gasteiger partial charge in [-0.2, -0.15) is 0 Å². The minimum absolute atomic E-state index is 0.0177. The maximum absolute atomic E-state index is 12.3. The molecule has 1 atom stereocenters. The molecule has 2 amide bonds. The number of benzene rings is 2. The van der Waals surface area contributed by atoms with Crippen LogP contribution in [0.2, 0.25) is 0 Å². The number of para-hydroxylation sites is 2. The van der Waals surface area contributed by atoms with Gasteiger partial charge in [0.2, 0.25) is 0 Å². The Morgan fingerprint density at radius 2 is 1.82 bits per heavy atom. The molecule has 0 aromatic heterocycles. The zero-order chi connectivity index (χ0) is 15.9. The van der Waals surface area contributed by atoms with Crippen LogP contribution in [0.1, 0.15) is 30.5 Å². The molecule has 2 aromatic rings. The molecule has 0 saturated carbocycles. The van der Waals surface area contributed by atoms with E-state index in [0.717, 1.165) is 12.0 Å². The molecule has 0 heterocycles. The summed E-state index contributed by atoms with van der Waals surface area (Å²) in [6.45, 7) is 4.11. The van der Waals surface area contributed by atoms with Gasteiger partial charge in [-0.3, -0.25) is 0 Å². The van der Waals surface area contributed by atoms with Gasteiger partial charge >= 0.3 is 6.03 Å². The van der Waals surface area contributed by atoms with Gasteiger partial charge < -0.3 is 15.4 Å². The van der Waals surface area contributed by atoms with Gasteiger partial charge in [0.1, 0.15) is 5.75 Å². The number of hydrogen-bond donors (Lipinski definition) is 2. The Morgan fingerprint density at radius 3 is 2.50 bits per heavy atom. The number of aryl methyl sites for hydroxylation is 1. The number of ether oxygens (including phenoxy) is 1. The van der Waals surface area contributed by atoms with Gasteiger partial charge in [0, 0.05) is 0 Å². The lowest BCUT2D eigenvalue weighted by Gasteiger charge is -2.20. The SMILES string of the molecule is CCC(NC(=O)Nc1ccccc1OC)c1ccccc1C. The molecule has 0 fully saturated rings. The lowest BCUT2D eigenvalue weighted by Crippen LogP contribution is -2.32. The van der Waals surface area contributed by atoms with Gasteiger partial charge in [-0.25, -0.2) is 4.79 Å². The van der Waals surface area contributed by atoms with Crippen LogP contribution >= 0.6 is 0 Å². The van der Waals surface area contributed by atoms with Crippen LogP contribution in [0.15, 0.2) is 48.5 Å². The fraction of sp³-hybridized carbons (Fsp3) is 0.278. The first-order valence-corrected chi connectivity index (χ1v) is 7.41. The average Bonchev–Trinajstić information content (AvgIpc) is 2.54. The highest BCUT2D eigenvalue weighted by molar-refractivity contribution is 5.91. The summed E-state index contributed by atoms with van der Waals surface area (Å²) in [5.74, 6) is 0.640. The third kappa shape index (κ3) is 3.79. The standard InChI is InChI=1S/C18H22N2O2/c1-4-15(14-10-6-5-9-13(14)2)19-18(21)20-16-11-7-8-12-17(16)22-3/h5-12,15H,4H2,1-3H3,(H2,19,20,21). The van der Waals surface area contributed by atoms with Crippen molar-refractivity contribution in [3.8, 4) is 5.75 Å². The van der Waals surface area contributed by atoms with Crippen molar-refractivity contribution in [1.29, 1.82) is 0 Å². The predicted octanol–water partition coefficient (Wildman–Crippen LogP) is 4.28. The fourth-order valence-electron chi connectivity index (χ4n) is 2.44. The zero-order valence-corrected chi connectivity index (χ0v) is 13.2. The zero-order valence-electron chi connectivity index (χ0n) is 13.2. The maximum Gasteiger partial charge on any atom is 0.319 e. The Bertz CT molecular complexity index is 640. The number of anilines is 1. The summed E-state index contributed by atoms with van der Waals surface area (Å²) < 4.78 is 5.24. The molecule has 0 radical (unpaired) electrons. The van der Waals surface area contributed by atoms with Gasteiger partial charge in [-0.05, 0) is 36.6 Å². The van der Waals surface area contributed by atoms with Gasteiger partial charge in [0.05, 0.1) is 18.8 Å². The Kier molecular flexibility index (Phi) is 5.42. The first-order chi connectivity index (χ1) is 10.7. The lowest BCUT2D eigenvalue weighted by molar-refractivity contribution is 0.248. The van der Waals surface area contributed by atoms with Crippen LogP contribution in [-0.4, -0.2) is 13.1 Å². The molecule has 0 aliphatic heterocycles. The molecule has 2 N–H and O–H groups in total. The molecule has 0 aliphatic carbocycles. The summed E-state index contributed by atoms with van der Waals surface area (Å²) in [6, 6.07) is 15.2. The van der Waals surface area contributed by atoms with E-state index in [1.165, 1.54) is 5.56 Å². The highest BCUT2D eigenvalue weighted by Crippen LogP contribution is 2.24. The van der Waals surface area contributed by atoms with Crippen molar-refractivity contribution in [3.05, 3.63) is 59.7 Å². The fourth-order valence-corrected chi connectivity index (χ4v) is 2.44. The summed E-state index contributed by atoms with van der Waals surface area (Å²) in [5, 5.41) is 5.86. The van der Waals surface area contributed by atoms with E-state index in [-0.39, 0.29) is 12.1 Å². The topological polar surface area (TPSA) is 50.4 Å². The van der Waals surface area contributed by atoms with Crippen LogP contribution in [-0.2, 0) is 0 Å². The van der Waals surface area contributed by atoms with Gasteiger partial charge in [-0.1, -0.05) is 43.3 Å². The largest absolute Gasteiger partial charge is 0.495 e. The van der Waals surface area contributed by atoms with Crippen LogP contribution in [0.25, 0.3) is 0 Å². The molecule has 0 bridgehead atoms. The van der Waals surface area contributed by atoms with Crippen LogP contribution in [0.4, 0.5) is 10.5 Å². The number of hydrogen-bond acceptors (Lipinski definition) is 2. The van der Waals surface area contributed by atoms with Crippen molar-refractivity contribution >= 4 is 11.7 Å². The second kappa shape index (κ2) is 7.50. The average molecular weight is 298 g/mol. The summed E-state index contributed by atoms with van der Waals surface area (Å²) in [7, 11) is 1.58. The summed E-state index contributed by atoms with van der Waals surface area (Å²) >= 11 is 0. The first-order valence-electron chi connectivity index (χ1n) is 7.41. The van der Waals surface area contributed by atoms with Crippen LogP contribution in [0.5, 0.6) is 5.75 Å². The highest BCUT2D eigenvalue weighted by Gasteiger charge is 2.15. The molecule has 0 saturated heterocycles. The van der Waals surface area contributed by atoms with Crippen molar-refractivity contribution in [2.75, 3.05) is 12.4 Å². The third-order valence-electron chi connectivity index (χ3n) is 3.63. The Hall–Kier alpha value is -2.49. The smallest absolute Gasteiger partial charge is 0.319 e. The van der Waals surface area contributed by atoms with E-state index in [9.17, 15) is 4.79 Å². The van der Waals surface area contributed by atoms with Gasteiger partial charge in [0.15, 0.2) is 0 Å². The third-order valence-corrected chi connectivity index (χ3v) is 3.63. The van der Waals surface area contributed by atoms with E-state index in [1.807, 2.05) is 42.5 Å². The van der Waals surface area contributed by atoms with E-state index >= 15 is 0 Å². The van der Waals surface area contributed by atoms with Crippen molar-refractivity contribution in [3.63, 3.8) is 0 Å². The van der Waals surface area contributed by atoms with Crippen LogP contribution in [0.3, 0.4) is 0 Å². The van der Waals surface area contributed by atoms with Crippen molar-refractivity contribution < 1.29 is 9.53 Å². The van der Waals surface area contributed by atoms with Crippen molar-refractivity contribution in [2.45, 2.75) is 26.3 Å². The quantitative estimate of drug-likeness (QED) is 0.865. The predicted molar refractivity (Wildman–Crippen MR) is 89.4 cm³/mol. The van der Waals surface area contributed by atoms with E-state index in [4.69, 9.17) is 4.74 Å². The first kappa shape index (κ1) is 15.9. The molecule has 2 rings (SSSR count). The molecule has 4 heteroatoms. The van der Waals surface area contributed by atoms with E-state index in [1.54, 1.807) is 7.11 Å². The molecular weight excluding hydrogens is 276 g/mol. The Labute approximate surface area is 131 Å². The molecule has 116 valence electrons. The summed E-state index contributed by atoms with van der Waals surface area (Å²) in [6.07, 6.45) is 0.824. The van der Waals surface area contributed by atoms with E-state index in [2.05, 4.69) is 30.5 Å². The lowest BCUT2D eigenvalue weighted by atomic mass is 9.99. The summed E-state index contributed by atoms with van der Waals surface area (Å²) in [4.78, 5) is 12.3. The Balaban J connectivity index is 2.08. The molecule has 4 nitrogen and oxygen atoms in total. The van der Waals surface area contributed by atoms with Crippen molar-refractivity contribution in [2.24, 2.45) is 0 Å². The molecule has 22 heavy (non-hydrogen) atoms. The highest BCUT2D eigenvalue weighted by atomic mass is 16.5. The van der Waals surface area contributed by atoms with Crippen molar-refractivity contribution in [1.82, 2.24) is 5.32 Å². The molecule has 2 aromatic carbocycles. The summed E-state index contributed by atoms with van der Waals surface area (Å²) in [5.41, 5.74) is 2.97. The molecule has 0 aliphatic rings. The number of urea groups is 1. The van der Waals surface area contributed by atoms with E-state index in [0.29, 0.717) is 11.4 Å². The number of carbonyl (C=O) groups is 1. The number of amides is 2. The van der Waals surface area contributed by atoms with E-state index < -0.39 is 0 Å². The number of nitrogens with one attached hydrogen (secondary N) is 2. The van der Waals surface area contributed by atoms with Gasteiger partial charge in [0.25, 0.3) is 0 Å². The molecule has 0 spiro atoms. The minimum atomic E-state index is -0.236. The second-order valence-corrected chi connectivity index (χ2v) is 5.12. The van der Waals surface area contributed by atoms with Crippen LogP contribution < -0.4 is 15.4 Å². The molecule has 1 unspecified atom stereocenters. The Morgan fingerprint density at radius 1 is 1.14 bits per heavy atom. The van der Waals surface area contributed by atoms with Gasteiger partial charge in [-0.15, -0.1) is 0 Å². The monoisotopic (exact) mass is 298 g/mol. The normalized spacial score (nSPS) is 11.6. The van der Waals surface area contributed by atoms with Crippen LogP contribution in [0, 0.1) is 6.92 Å². The number of carbonyl (C=O) groups excluding carboxylic acids is 1.